The lowest BCUT2D eigenvalue weighted by atomic mass is 9.89. The summed E-state index contributed by atoms with van der Waals surface area (Å²) >= 11 is 0. The lowest BCUT2D eigenvalue weighted by molar-refractivity contribution is 0.0713. The van der Waals surface area contributed by atoms with E-state index in [1.54, 1.807) is 24.1 Å². The normalized spacial score (nSPS) is 15.2. The van der Waals surface area contributed by atoms with Crippen LogP contribution < -0.4 is 9.46 Å². The van der Waals surface area contributed by atoms with E-state index in [0.29, 0.717) is 24.6 Å². The average Bonchev–Trinajstić information content (AvgIpc) is 3.27. The molecule has 0 unspecified atom stereocenters. The smallest absolute Gasteiger partial charge is 0.253 e. The molecule has 8 nitrogen and oxygen atoms in total. The molecule has 0 radical (unpaired) electrons. The first kappa shape index (κ1) is 23.3. The molecule has 2 aromatic carbocycles. The van der Waals surface area contributed by atoms with Gasteiger partial charge in [-0.2, -0.15) is 0 Å². The molecule has 1 aromatic heterocycles. The maximum atomic E-state index is 13.1. The summed E-state index contributed by atoms with van der Waals surface area (Å²) in [4.78, 5) is 18.3. The molecule has 2 N–H and O–H groups in total. The second-order valence-corrected chi connectivity index (χ2v) is 9.91. The molecule has 1 saturated heterocycles. The van der Waals surface area contributed by atoms with Crippen molar-refractivity contribution in [2.75, 3.05) is 40.5 Å². The minimum atomic E-state index is -3.70. The van der Waals surface area contributed by atoms with Gasteiger partial charge in [0, 0.05) is 49.4 Å². The first-order valence-corrected chi connectivity index (χ1v) is 12.4. The van der Waals surface area contributed by atoms with E-state index in [0.717, 1.165) is 29.5 Å². The van der Waals surface area contributed by atoms with E-state index in [2.05, 4.69) is 15.9 Å². The molecule has 9 heteroatoms. The highest BCUT2D eigenvalue weighted by Crippen LogP contribution is 2.35. The molecule has 0 saturated carbocycles. The van der Waals surface area contributed by atoms with Gasteiger partial charge in [0.15, 0.2) is 0 Å². The summed E-state index contributed by atoms with van der Waals surface area (Å²) in [5.74, 6) is 1.01. The van der Waals surface area contributed by atoms with Gasteiger partial charge in [0.2, 0.25) is 10.0 Å². The molecule has 0 bridgehead atoms. The third-order valence-electron chi connectivity index (χ3n) is 6.13. The Labute approximate surface area is 193 Å². The number of methoxy groups -OCH3 is 2. The van der Waals surface area contributed by atoms with E-state index >= 15 is 0 Å². The Kier molecular flexibility index (Phi) is 7.02. The molecule has 1 fully saturated rings. The lowest BCUT2D eigenvalue weighted by Crippen LogP contribution is -2.38. The maximum absolute atomic E-state index is 13.1. The van der Waals surface area contributed by atoms with Crippen LogP contribution in [0, 0.1) is 0 Å². The van der Waals surface area contributed by atoms with E-state index in [4.69, 9.17) is 9.47 Å². The molecular weight excluding hydrogens is 442 g/mol. The van der Waals surface area contributed by atoms with Gasteiger partial charge in [0.1, 0.15) is 5.75 Å². The standard InChI is InChI=1S/C24H29N3O5S/c1-31-13-10-26-33(29,30)20-5-3-4-18(14-20)24(28)27-11-8-17(9-12-27)22-16-25-23-7-6-19(32-2)15-21(22)23/h3-7,14-17,25-26H,8-13H2,1-2H3. The number of H-pyrrole nitrogens is 1. The Balaban J connectivity index is 1.44. The van der Waals surface area contributed by atoms with Gasteiger partial charge >= 0.3 is 0 Å². The van der Waals surface area contributed by atoms with Crippen molar-refractivity contribution in [3.8, 4) is 5.75 Å². The molecule has 0 aliphatic carbocycles. The molecule has 176 valence electrons. The number of piperidine rings is 1. The summed E-state index contributed by atoms with van der Waals surface area (Å²) in [6, 6.07) is 12.2. The highest BCUT2D eigenvalue weighted by molar-refractivity contribution is 7.89. The van der Waals surface area contributed by atoms with Gasteiger partial charge in [-0.05, 0) is 60.7 Å². The molecule has 1 aliphatic heterocycles. The summed E-state index contributed by atoms with van der Waals surface area (Å²) in [5.41, 5.74) is 2.69. The van der Waals surface area contributed by atoms with Crippen LogP contribution in [0.4, 0.5) is 0 Å². The maximum Gasteiger partial charge on any atom is 0.253 e. The van der Waals surface area contributed by atoms with E-state index < -0.39 is 10.0 Å². The first-order valence-electron chi connectivity index (χ1n) is 11.0. The lowest BCUT2D eigenvalue weighted by Gasteiger charge is -2.32. The summed E-state index contributed by atoms with van der Waals surface area (Å²) < 4.78 is 37.7. The molecule has 4 rings (SSSR count). The van der Waals surface area contributed by atoms with Crippen LogP contribution in [-0.2, 0) is 14.8 Å². The number of carbonyl (C=O) groups excluding carboxylic acids is 1. The monoisotopic (exact) mass is 471 g/mol. The predicted octanol–water partition coefficient (Wildman–Crippen LogP) is 3.12. The SMILES string of the molecule is COCCNS(=O)(=O)c1cccc(C(=O)N2CCC(c3c[nH]c4ccc(OC)cc34)CC2)c1. The van der Waals surface area contributed by atoms with Gasteiger partial charge in [0.05, 0.1) is 18.6 Å². The van der Waals surface area contributed by atoms with Gasteiger partial charge < -0.3 is 19.4 Å². The largest absolute Gasteiger partial charge is 0.497 e. The van der Waals surface area contributed by atoms with Crippen LogP contribution in [0.3, 0.4) is 0 Å². The van der Waals surface area contributed by atoms with Crippen molar-refractivity contribution >= 4 is 26.8 Å². The van der Waals surface area contributed by atoms with Crippen molar-refractivity contribution in [3.63, 3.8) is 0 Å². The number of fused-ring (bicyclic) bond motifs is 1. The van der Waals surface area contributed by atoms with Crippen molar-refractivity contribution in [3.05, 3.63) is 59.8 Å². The third kappa shape index (κ3) is 5.05. The summed E-state index contributed by atoms with van der Waals surface area (Å²) in [6.07, 6.45) is 3.73. The van der Waals surface area contributed by atoms with Gasteiger partial charge in [-0.15, -0.1) is 0 Å². The number of hydrogen-bond acceptors (Lipinski definition) is 5. The average molecular weight is 472 g/mol. The molecule has 0 atom stereocenters. The molecule has 3 aromatic rings. The van der Waals surface area contributed by atoms with Crippen LogP contribution in [0.25, 0.3) is 10.9 Å². The van der Waals surface area contributed by atoms with Crippen LogP contribution in [0.2, 0.25) is 0 Å². The number of likely N-dealkylation sites (tertiary alicyclic amines) is 1. The van der Waals surface area contributed by atoms with Crippen molar-refractivity contribution in [2.24, 2.45) is 0 Å². The number of carbonyl (C=O) groups is 1. The van der Waals surface area contributed by atoms with E-state index in [-0.39, 0.29) is 24.0 Å². The van der Waals surface area contributed by atoms with Crippen molar-refractivity contribution in [1.29, 1.82) is 0 Å². The molecular formula is C24H29N3O5S. The van der Waals surface area contributed by atoms with Crippen molar-refractivity contribution < 1.29 is 22.7 Å². The second kappa shape index (κ2) is 9.94. The zero-order chi connectivity index (χ0) is 23.4. The van der Waals surface area contributed by atoms with Crippen LogP contribution in [-0.4, -0.2) is 64.7 Å². The fourth-order valence-corrected chi connectivity index (χ4v) is 5.38. The van der Waals surface area contributed by atoms with E-state index in [1.165, 1.54) is 24.8 Å². The number of nitrogens with zero attached hydrogens (tertiary/aromatic N) is 1. The Morgan fingerprint density at radius 1 is 1.15 bits per heavy atom. The summed E-state index contributed by atoms with van der Waals surface area (Å²) in [6.45, 7) is 1.67. The second-order valence-electron chi connectivity index (χ2n) is 8.14. The number of benzene rings is 2. The zero-order valence-electron chi connectivity index (χ0n) is 18.8. The topological polar surface area (TPSA) is 101 Å². The van der Waals surface area contributed by atoms with Crippen LogP contribution in [0.1, 0.15) is 34.7 Å². The quantitative estimate of drug-likeness (QED) is 0.492. The Hall–Kier alpha value is -2.88. The first-order chi connectivity index (χ1) is 15.9. The highest BCUT2D eigenvalue weighted by Gasteiger charge is 2.27. The fourth-order valence-electron chi connectivity index (χ4n) is 4.32. The summed E-state index contributed by atoms with van der Waals surface area (Å²) in [7, 11) is -0.532. The molecule has 1 aliphatic rings. The third-order valence-corrected chi connectivity index (χ3v) is 7.59. The Bertz CT molecular complexity index is 1230. The Morgan fingerprint density at radius 3 is 2.67 bits per heavy atom. The summed E-state index contributed by atoms with van der Waals surface area (Å²) in [5, 5.41) is 1.15. The van der Waals surface area contributed by atoms with Gasteiger partial charge in [-0.25, -0.2) is 13.1 Å². The number of amides is 1. The van der Waals surface area contributed by atoms with Gasteiger partial charge in [0.25, 0.3) is 5.91 Å². The number of ether oxygens (including phenoxy) is 2. The van der Waals surface area contributed by atoms with Gasteiger partial charge in [-0.3, -0.25) is 4.79 Å². The molecule has 2 heterocycles. The van der Waals surface area contributed by atoms with E-state index in [1.807, 2.05) is 18.2 Å². The zero-order valence-corrected chi connectivity index (χ0v) is 19.7. The number of hydrogen-bond donors (Lipinski definition) is 2. The van der Waals surface area contributed by atoms with Crippen molar-refractivity contribution in [1.82, 2.24) is 14.6 Å². The van der Waals surface area contributed by atoms with Crippen LogP contribution in [0.15, 0.2) is 53.6 Å². The fraction of sp³-hybridized carbons (Fsp3) is 0.375. The minimum absolute atomic E-state index is 0.0760. The van der Waals surface area contributed by atoms with Crippen LogP contribution >= 0.6 is 0 Å². The van der Waals surface area contributed by atoms with E-state index in [9.17, 15) is 13.2 Å². The molecule has 0 spiro atoms. The van der Waals surface area contributed by atoms with Crippen molar-refractivity contribution in [2.45, 2.75) is 23.7 Å². The number of aromatic amines is 1. The van der Waals surface area contributed by atoms with Crippen LogP contribution in [0.5, 0.6) is 5.75 Å². The highest BCUT2D eigenvalue weighted by atomic mass is 32.2. The number of sulfonamides is 1. The molecule has 33 heavy (non-hydrogen) atoms. The Morgan fingerprint density at radius 2 is 1.94 bits per heavy atom. The number of aromatic nitrogens is 1. The minimum Gasteiger partial charge on any atom is -0.497 e. The molecule has 1 amide bonds. The number of nitrogens with one attached hydrogen (secondary N) is 2. The van der Waals surface area contributed by atoms with Gasteiger partial charge in [-0.1, -0.05) is 6.07 Å². The number of rotatable bonds is 8. The predicted molar refractivity (Wildman–Crippen MR) is 126 cm³/mol.